The molecule has 2 aromatic heterocycles. The molecule has 0 radical (unpaired) electrons. The number of benzene rings is 3. The number of pyridine rings is 1. The van der Waals surface area contributed by atoms with Crippen LogP contribution in [0.5, 0.6) is 0 Å². The second-order valence-corrected chi connectivity index (χ2v) is 9.62. The minimum atomic E-state index is -0.841. The Morgan fingerprint density at radius 1 is 0.949 bits per heavy atom. The number of carbonyl (C=O) groups is 2. The van der Waals surface area contributed by atoms with Gasteiger partial charge in [0, 0.05) is 41.0 Å². The van der Waals surface area contributed by atoms with Gasteiger partial charge in [0.2, 0.25) is 5.91 Å². The summed E-state index contributed by atoms with van der Waals surface area (Å²) in [6.45, 7) is -0.136. The lowest BCUT2D eigenvalue weighted by atomic mass is 10.0. The van der Waals surface area contributed by atoms with Crippen molar-refractivity contribution in [2.75, 3.05) is 11.9 Å². The summed E-state index contributed by atoms with van der Waals surface area (Å²) >= 11 is 1.48. The van der Waals surface area contributed by atoms with Crippen molar-refractivity contribution < 1.29 is 9.59 Å². The smallest absolute Gasteiger partial charge is 0.251 e. The molecule has 5 rings (SSSR count). The molecule has 0 aliphatic heterocycles. The molecule has 8 nitrogen and oxygen atoms in total. The van der Waals surface area contributed by atoms with Crippen LogP contribution in [0.1, 0.15) is 15.9 Å². The first-order valence-electron chi connectivity index (χ1n) is 12.3. The number of nitrogens with one attached hydrogen (secondary N) is 3. The number of thiazole rings is 1. The van der Waals surface area contributed by atoms with Gasteiger partial charge in [0.25, 0.3) is 5.91 Å². The van der Waals surface area contributed by atoms with Crippen molar-refractivity contribution in [3.8, 4) is 17.3 Å². The van der Waals surface area contributed by atoms with E-state index in [2.05, 4.69) is 25.9 Å². The summed E-state index contributed by atoms with van der Waals surface area (Å²) < 4.78 is 0. The fraction of sp³-hybridized carbons (Fsp3) is 0.100. The highest BCUT2D eigenvalue weighted by atomic mass is 32.1. The van der Waals surface area contributed by atoms with Gasteiger partial charge >= 0.3 is 0 Å². The number of nitriles is 1. The molecule has 0 fully saturated rings. The van der Waals surface area contributed by atoms with Crippen LogP contribution in [0.15, 0.2) is 96.6 Å². The first-order chi connectivity index (χ1) is 19.1. The molecule has 192 valence electrons. The van der Waals surface area contributed by atoms with Crippen LogP contribution in [0.3, 0.4) is 0 Å². The number of rotatable bonds is 9. The third-order valence-corrected chi connectivity index (χ3v) is 6.85. The Bertz CT molecular complexity index is 1640. The fourth-order valence-corrected chi connectivity index (χ4v) is 4.86. The standard InChI is InChI=1S/C30H24N6O2S/c31-13-16-33-29(38)26(18-20-5-6-21-3-1-2-4-24(21)17-20)35-28(37)23-9-7-22(8-10-23)27-19-39-30(36-27)34-25-11-14-32-15-12-25/h1-12,14-15,17,19,26H,16,18H2,(H,33,38)(H,35,37)(H,32,34,36). The Morgan fingerprint density at radius 3 is 2.49 bits per heavy atom. The van der Waals surface area contributed by atoms with E-state index in [1.54, 1.807) is 24.5 Å². The van der Waals surface area contributed by atoms with Crippen molar-refractivity contribution in [3.05, 3.63) is 108 Å². The predicted molar refractivity (Wildman–Crippen MR) is 153 cm³/mol. The van der Waals surface area contributed by atoms with Gasteiger partial charge in [-0.3, -0.25) is 14.6 Å². The largest absolute Gasteiger partial charge is 0.341 e. The van der Waals surface area contributed by atoms with Crippen LogP contribution in [0.25, 0.3) is 22.0 Å². The predicted octanol–water partition coefficient (Wildman–Crippen LogP) is 5.08. The van der Waals surface area contributed by atoms with Crippen LogP contribution in [0.2, 0.25) is 0 Å². The lowest BCUT2D eigenvalue weighted by Gasteiger charge is -2.18. The number of anilines is 2. The zero-order valence-corrected chi connectivity index (χ0v) is 21.6. The summed E-state index contributed by atoms with van der Waals surface area (Å²) in [6.07, 6.45) is 3.71. The van der Waals surface area contributed by atoms with Crippen LogP contribution >= 0.6 is 11.3 Å². The van der Waals surface area contributed by atoms with Crippen LogP contribution in [0, 0.1) is 11.3 Å². The Morgan fingerprint density at radius 2 is 1.72 bits per heavy atom. The highest BCUT2D eigenvalue weighted by Crippen LogP contribution is 2.27. The number of hydrogen-bond donors (Lipinski definition) is 3. The molecule has 0 bridgehead atoms. The summed E-state index contributed by atoms with van der Waals surface area (Å²) in [6, 6.07) is 25.8. The van der Waals surface area contributed by atoms with Crippen LogP contribution in [-0.2, 0) is 11.2 Å². The summed E-state index contributed by atoms with van der Waals surface area (Å²) in [4.78, 5) is 34.6. The topological polar surface area (TPSA) is 120 Å². The van der Waals surface area contributed by atoms with E-state index in [9.17, 15) is 9.59 Å². The Hall–Kier alpha value is -5.07. The Labute approximate surface area is 229 Å². The quantitative estimate of drug-likeness (QED) is 0.228. The minimum absolute atomic E-state index is 0.136. The molecule has 39 heavy (non-hydrogen) atoms. The van der Waals surface area contributed by atoms with Gasteiger partial charge in [0.15, 0.2) is 5.13 Å². The molecule has 2 amide bonds. The Balaban J connectivity index is 1.28. The number of carbonyl (C=O) groups excluding carboxylic acids is 2. The third-order valence-electron chi connectivity index (χ3n) is 6.10. The zero-order valence-electron chi connectivity index (χ0n) is 20.8. The maximum Gasteiger partial charge on any atom is 0.251 e. The average molecular weight is 533 g/mol. The number of amides is 2. The average Bonchev–Trinajstić information content (AvgIpc) is 3.44. The molecule has 0 aliphatic rings. The third kappa shape index (κ3) is 6.44. The molecule has 0 spiro atoms. The first-order valence-corrected chi connectivity index (χ1v) is 13.1. The van der Waals surface area contributed by atoms with Crippen molar-refractivity contribution in [1.82, 2.24) is 20.6 Å². The molecule has 5 aromatic rings. The van der Waals surface area contributed by atoms with Gasteiger partial charge in [0.1, 0.15) is 12.6 Å². The van der Waals surface area contributed by atoms with E-state index < -0.39 is 11.9 Å². The molecule has 1 atom stereocenters. The molecule has 3 aromatic carbocycles. The zero-order chi connectivity index (χ0) is 27.0. The van der Waals surface area contributed by atoms with Gasteiger partial charge < -0.3 is 16.0 Å². The highest BCUT2D eigenvalue weighted by Gasteiger charge is 2.22. The molecular weight excluding hydrogens is 508 g/mol. The van der Waals surface area contributed by atoms with E-state index in [4.69, 9.17) is 5.26 Å². The number of aromatic nitrogens is 2. The fourth-order valence-electron chi connectivity index (χ4n) is 4.12. The van der Waals surface area contributed by atoms with Crippen molar-refractivity contribution >= 4 is 44.7 Å². The molecule has 9 heteroatoms. The minimum Gasteiger partial charge on any atom is -0.341 e. The van der Waals surface area contributed by atoms with Gasteiger partial charge in [0.05, 0.1) is 11.8 Å². The molecule has 1 unspecified atom stereocenters. The van der Waals surface area contributed by atoms with Crippen molar-refractivity contribution in [2.24, 2.45) is 0 Å². The van der Waals surface area contributed by atoms with Gasteiger partial charge in [-0.1, -0.05) is 54.6 Å². The molecular formula is C30H24N6O2S. The molecule has 0 saturated heterocycles. The van der Waals surface area contributed by atoms with Crippen molar-refractivity contribution in [3.63, 3.8) is 0 Å². The van der Waals surface area contributed by atoms with E-state index in [0.717, 1.165) is 38.4 Å². The number of nitrogens with zero attached hydrogens (tertiary/aromatic N) is 3. The lowest BCUT2D eigenvalue weighted by Crippen LogP contribution is -2.48. The van der Waals surface area contributed by atoms with E-state index >= 15 is 0 Å². The van der Waals surface area contributed by atoms with Crippen LogP contribution in [-0.4, -0.2) is 34.4 Å². The van der Waals surface area contributed by atoms with Crippen LogP contribution < -0.4 is 16.0 Å². The van der Waals surface area contributed by atoms with Gasteiger partial charge in [-0.25, -0.2) is 4.98 Å². The van der Waals surface area contributed by atoms with Gasteiger partial charge in [-0.2, -0.15) is 5.26 Å². The first kappa shape index (κ1) is 25.6. The van der Waals surface area contributed by atoms with Gasteiger partial charge in [-0.15, -0.1) is 11.3 Å². The number of hydrogen-bond acceptors (Lipinski definition) is 7. The van der Waals surface area contributed by atoms with Crippen LogP contribution in [0.4, 0.5) is 10.8 Å². The van der Waals surface area contributed by atoms with E-state index in [1.165, 1.54) is 11.3 Å². The van der Waals surface area contributed by atoms with Crippen molar-refractivity contribution in [2.45, 2.75) is 12.5 Å². The summed E-state index contributed by atoms with van der Waals surface area (Å²) in [5.74, 6) is -0.788. The molecule has 2 heterocycles. The normalized spacial score (nSPS) is 11.4. The molecule has 3 N–H and O–H groups in total. The number of fused-ring (bicyclic) bond motifs is 1. The summed E-state index contributed by atoms with van der Waals surface area (Å²) in [7, 11) is 0. The summed E-state index contributed by atoms with van der Waals surface area (Å²) in [5.41, 5.74) is 3.87. The second-order valence-electron chi connectivity index (χ2n) is 8.76. The maximum atomic E-state index is 13.1. The monoisotopic (exact) mass is 532 g/mol. The second kappa shape index (κ2) is 12.0. The van der Waals surface area contributed by atoms with Crippen molar-refractivity contribution in [1.29, 1.82) is 5.26 Å². The molecule has 0 aliphatic carbocycles. The lowest BCUT2D eigenvalue weighted by molar-refractivity contribution is -0.122. The highest BCUT2D eigenvalue weighted by molar-refractivity contribution is 7.14. The summed E-state index contributed by atoms with van der Waals surface area (Å²) in [5, 5.41) is 22.4. The maximum absolute atomic E-state index is 13.1. The molecule has 0 saturated carbocycles. The van der Waals surface area contributed by atoms with E-state index in [-0.39, 0.29) is 18.9 Å². The Kier molecular flexibility index (Phi) is 7.86. The van der Waals surface area contributed by atoms with Gasteiger partial charge in [-0.05, 0) is 40.6 Å². The van der Waals surface area contributed by atoms with E-state index in [0.29, 0.717) is 5.56 Å². The van der Waals surface area contributed by atoms with E-state index in [1.807, 2.05) is 78.2 Å². The SMILES string of the molecule is N#CCNC(=O)C(Cc1ccc2ccccc2c1)NC(=O)c1ccc(-c2csc(Nc3ccncc3)n2)cc1.